The van der Waals surface area contributed by atoms with Crippen molar-refractivity contribution in [1.82, 2.24) is 15.2 Å². The molecule has 0 atom stereocenters. The maximum Gasteiger partial charge on any atom is 0.119 e. The molecule has 0 radical (unpaired) electrons. The third kappa shape index (κ3) is 5.53. The molecule has 0 saturated carbocycles. The monoisotopic (exact) mass is 285 g/mol. The molecule has 1 N–H and O–H groups in total. The first kappa shape index (κ1) is 15.5. The zero-order valence-electron chi connectivity index (χ0n) is 12.7. The summed E-state index contributed by atoms with van der Waals surface area (Å²) in [7, 11) is 3.83. The van der Waals surface area contributed by atoms with E-state index < -0.39 is 0 Å². The van der Waals surface area contributed by atoms with Crippen molar-refractivity contribution in [3.63, 3.8) is 0 Å². The van der Waals surface area contributed by atoms with Crippen LogP contribution in [0.15, 0.2) is 48.7 Å². The molecule has 4 nitrogen and oxygen atoms in total. The maximum absolute atomic E-state index is 5.25. The van der Waals surface area contributed by atoms with E-state index in [1.807, 2.05) is 36.5 Å². The fraction of sp³-hybridized carbons (Fsp3) is 0.353. The predicted molar refractivity (Wildman–Crippen MR) is 85.3 cm³/mol. The molecule has 1 aromatic heterocycles. The van der Waals surface area contributed by atoms with Crippen LogP contribution in [0.25, 0.3) is 0 Å². The number of hydrogen-bond donors (Lipinski definition) is 1. The van der Waals surface area contributed by atoms with E-state index in [1.165, 1.54) is 5.56 Å². The van der Waals surface area contributed by atoms with Crippen LogP contribution in [-0.2, 0) is 13.1 Å². The normalized spacial score (nSPS) is 10.8. The molecule has 4 heteroatoms. The van der Waals surface area contributed by atoms with E-state index >= 15 is 0 Å². The first-order valence-electron chi connectivity index (χ1n) is 7.20. The second-order valence-corrected chi connectivity index (χ2v) is 5.09. The Morgan fingerprint density at radius 2 is 2.10 bits per heavy atom. The lowest BCUT2D eigenvalue weighted by Crippen LogP contribution is -2.28. The number of benzene rings is 1. The molecule has 0 fully saturated rings. The Morgan fingerprint density at radius 3 is 2.86 bits per heavy atom. The van der Waals surface area contributed by atoms with Crippen molar-refractivity contribution in [2.45, 2.75) is 13.1 Å². The largest absolute Gasteiger partial charge is 0.497 e. The molecule has 0 aliphatic carbocycles. The summed E-state index contributed by atoms with van der Waals surface area (Å²) in [5.41, 5.74) is 2.34. The minimum atomic E-state index is 0.813. The molecule has 1 heterocycles. The van der Waals surface area contributed by atoms with Crippen LogP contribution in [0.3, 0.4) is 0 Å². The van der Waals surface area contributed by atoms with Crippen molar-refractivity contribution in [2.24, 2.45) is 0 Å². The zero-order valence-corrected chi connectivity index (χ0v) is 12.7. The van der Waals surface area contributed by atoms with Gasteiger partial charge in [0.05, 0.1) is 12.8 Å². The van der Waals surface area contributed by atoms with Crippen LogP contribution in [-0.4, -0.2) is 37.1 Å². The quantitative estimate of drug-likeness (QED) is 0.755. The first-order chi connectivity index (χ1) is 10.3. The lowest BCUT2D eigenvalue weighted by atomic mass is 10.2. The molecule has 112 valence electrons. The predicted octanol–water partition coefficient (Wildman–Crippen LogP) is 2.31. The number of aromatic nitrogens is 1. The van der Waals surface area contributed by atoms with Crippen molar-refractivity contribution < 1.29 is 4.74 Å². The SMILES string of the molecule is COc1cccc(CN(C)CCNCc2ccccn2)c1. The Balaban J connectivity index is 1.68. The van der Waals surface area contributed by atoms with Crippen LogP contribution in [0.4, 0.5) is 0 Å². The Morgan fingerprint density at radius 1 is 1.19 bits per heavy atom. The lowest BCUT2D eigenvalue weighted by molar-refractivity contribution is 0.323. The fourth-order valence-corrected chi connectivity index (χ4v) is 2.15. The van der Waals surface area contributed by atoms with E-state index in [9.17, 15) is 0 Å². The molecule has 0 spiro atoms. The summed E-state index contributed by atoms with van der Waals surface area (Å²) in [6, 6.07) is 14.2. The molecular formula is C17H23N3O. The average molecular weight is 285 g/mol. The van der Waals surface area contributed by atoms with E-state index in [2.05, 4.69) is 34.4 Å². The fourth-order valence-electron chi connectivity index (χ4n) is 2.15. The summed E-state index contributed by atoms with van der Waals surface area (Å²) in [6.07, 6.45) is 1.83. The van der Waals surface area contributed by atoms with Gasteiger partial charge in [0.15, 0.2) is 0 Å². The molecule has 0 amide bonds. The third-order valence-electron chi connectivity index (χ3n) is 3.29. The van der Waals surface area contributed by atoms with Gasteiger partial charge in [-0.25, -0.2) is 0 Å². The highest BCUT2D eigenvalue weighted by Crippen LogP contribution is 2.13. The summed E-state index contributed by atoms with van der Waals surface area (Å²) in [4.78, 5) is 6.58. The number of rotatable bonds is 8. The number of hydrogen-bond acceptors (Lipinski definition) is 4. The molecule has 0 aliphatic rings. The van der Waals surface area contributed by atoms with Gasteiger partial charge in [-0.15, -0.1) is 0 Å². The summed E-state index contributed by atoms with van der Waals surface area (Å²) in [5, 5.41) is 3.41. The van der Waals surface area contributed by atoms with Crippen LogP contribution in [0.2, 0.25) is 0 Å². The molecule has 1 aromatic carbocycles. The summed E-state index contributed by atoms with van der Waals surface area (Å²) >= 11 is 0. The number of methoxy groups -OCH3 is 1. The summed E-state index contributed by atoms with van der Waals surface area (Å²) in [6.45, 7) is 3.66. The van der Waals surface area contributed by atoms with Crippen LogP contribution in [0, 0.1) is 0 Å². The van der Waals surface area contributed by atoms with Crippen molar-refractivity contribution in [1.29, 1.82) is 0 Å². The first-order valence-corrected chi connectivity index (χ1v) is 7.20. The molecule has 2 aromatic rings. The Bertz CT molecular complexity index is 531. The number of nitrogens with zero attached hydrogens (tertiary/aromatic N) is 2. The molecule has 0 bridgehead atoms. The average Bonchev–Trinajstić information content (AvgIpc) is 2.53. The highest BCUT2D eigenvalue weighted by Gasteiger charge is 2.01. The molecule has 21 heavy (non-hydrogen) atoms. The van der Waals surface area contributed by atoms with Gasteiger partial charge in [-0.1, -0.05) is 18.2 Å². The second-order valence-electron chi connectivity index (χ2n) is 5.09. The van der Waals surface area contributed by atoms with Gasteiger partial charge in [-0.3, -0.25) is 4.98 Å². The second kappa shape index (κ2) is 8.39. The van der Waals surface area contributed by atoms with E-state index in [-0.39, 0.29) is 0 Å². The van der Waals surface area contributed by atoms with Gasteiger partial charge in [-0.2, -0.15) is 0 Å². The van der Waals surface area contributed by atoms with Crippen LogP contribution < -0.4 is 10.1 Å². The van der Waals surface area contributed by atoms with Crippen LogP contribution >= 0.6 is 0 Å². The van der Waals surface area contributed by atoms with Gasteiger partial charge >= 0.3 is 0 Å². The Kier molecular flexibility index (Phi) is 6.19. The Hall–Kier alpha value is -1.91. The molecular weight excluding hydrogens is 262 g/mol. The minimum Gasteiger partial charge on any atom is -0.497 e. The molecule has 2 rings (SSSR count). The molecule has 0 aliphatic heterocycles. The lowest BCUT2D eigenvalue weighted by Gasteiger charge is -2.17. The number of pyridine rings is 1. The van der Waals surface area contributed by atoms with E-state index in [0.29, 0.717) is 0 Å². The summed E-state index contributed by atoms with van der Waals surface area (Å²) < 4.78 is 5.25. The van der Waals surface area contributed by atoms with Crippen molar-refractivity contribution in [3.8, 4) is 5.75 Å². The smallest absolute Gasteiger partial charge is 0.119 e. The van der Waals surface area contributed by atoms with Crippen molar-refractivity contribution >= 4 is 0 Å². The Labute approximate surface area is 126 Å². The van der Waals surface area contributed by atoms with Crippen LogP contribution in [0.1, 0.15) is 11.3 Å². The third-order valence-corrected chi connectivity index (χ3v) is 3.29. The highest BCUT2D eigenvalue weighted by molar-refractivity contribution is 5.28. The van der Waals surface area contributed by atoms with Crippen LogP contribution in [0.5, 0.6) is 5.75 Å². The molecule has 0 saturated heterocycles. The summed E-state index contributed by atoms with van der Waals surface area (Å²) in [5.74, 6) is 0.911. The van der Waals surface area contributed by atoms with Gasteiger partial charge in [0.2, 0.25) is 0 Å². The van der Waals surface area contributed by atoms with Gasteiger partial charge in [0.25, 0.3) is 0 Å². The maximum atomic E-state index is 5.25. The number of likely N-dealkylation sites (N-methyl/N-ethyl adjacent to an activating group) is 1. The van der Waals surface area contributed by atoms with E-state index in [1.54, 1.807) is 7.11 Å². The van der Waals surface area contributed by atoms with E-state index in [0.717, 1.165) is 37.6 Å². The number of nitrogens with one attached hydrogen (secondary N) is 1. The highest BCUT2D eigenvalue weighted by atomic mass is 16.5. The van der Waals surface area contributed by atoms with Gasteiger partial charge in [0, 0.05) is 32.4 Å². The van der Waals surface area contributed by atoms with Crippen molar-refractivity contribution in [3.05, 3.63) is 59.9 Å². The van der Waals surface area contributed by atoms with E-state index in [4.69, 9.17) is 4.74 Å². The molecule has 0 unspecified atom stereocenters. The van der Waals surface area contributed by atoms with Crippen molar-refractivity contribution in [2.75, 3.05) is 27.2 Å². The topological polar surface area (TPSA) is 37.4 Å². The van der Waals surface area contributed by atoms with Gasteiger partial charge in [-0.05, 0) is 36.9 Å². The zero-order chi connectivity index (χ0) is 14.9. The van der Waals surface area contributed by atoms with Gasteiger partial charge < -0.3 is 15.0 Å². The van der Waals surface area contributed by atoms with Gasteiger partial charge in [0.1, 0.15) is 5.75 Å². The number of ether oxygens (including phenoxy) is 1. The minimum absolute atomic E-state index is 0.813. The standard InChI is InChI=1S/C17H23N3O/c1-20(14-15-6-5-8-17(12-15)21-2)11-10-18-13-16-7-3-4-9-19-16/h3-9,12,18H,10-11,13-14H2,1-2H3.